The Hall–Kier alpha value is -2.51. The molecule has 146 valence electrons. The van der Waals surface area contributed by atoms with Gasteiger partial charge in [0.2, 0.25) is 0 Å². The molecule has 2 heterocycles. The number of nitrogens with one attached hydrogen (secondary N) is 1. The predicted molar refractivity (Wildman–Crippen MR) is 93.5 cm³/mol. The quantitative estimate of drug-likeness (QED) is 0.871. The van der Waals surface area contributed by atoms with Gasteiger partial charge < -0.3 is 10.2 Å². The Kier molecular flexibility index (Phi) is 4.69. The van der Waals surface area contributed by atoms with Crippen molar-refractivity contribution in [3.05, 3.63) is 46.7 Å². The molecular weight excluding hydrogens is 359 g/mol. The van der Waals surface area contributed by atoms with E-state index in [1.165, 1.54) is 30.1 Å². The van der Waals surface area contributed by atoms with E-state index < -0.39 is 23.8 Å². The fourth-order valence-corrected chi connectivity index (χ4v) is 3.52. The lowest BCUT2D eigenvalue weighted by molar-refractivity contribution is -0.138. The summed E-state index contributed by atoms with van der Waals surface area (Å²) in [5, 5.41) is 2.57. The van der Waals surface area contributed by atoms with Crippen molar-refractivity contribution in [2.45, 2.75) is 39.0 Å². The first-order chi connectivity index (χ1) is 12.5. The van der Waals surface area contributed by atoms with Crippen molar-refractivity contribution in [2.24, 2.45) is 5.92 Å². The van der Waals surface area contributed by atoms with Crippen LogP contribution in [0.5, 0.6) is 0 Å². The van der Waals surface area contributed by atoms with E-state index in [1.807, 2.05) is 20.8 Å². The molecule has 0 fully saturated rings. The third kappa shape index (κ3) is 3.17. The zero-order valence-electron chi connectivity index (χ0n) is 15.6. The van der Waals surface area contributed by atoms with Gasteiger partial charge in [-0.1, -0.05) is 32.0 Å². The number of alkyl halides is 3. The van der Waals surface area contributed by atoms with E-state index in [0.29, 0.717) is 5.70 Å². The van der Waals surface area contributed by atoms with E-state index in [9.17, 15) is 22.8 Å². The monoisotopic (exact) mass is 381 g/mol. The van der Waals surface area contributed by atoms with Gasteiger partial charge in [0.1, 0.15) is 0 Å². The minimum Gasteiger partial charge on any atom is -0.330 e. The highest BCUT2D eigenvalue weighted by molar-refractivity contribution is 6.01. The number of rotatable bonds is 3. The zero-order valence-corrected chi connectivity index (χ0v) is 15.6. The van der Waals surface area contributed by atoms with Crippen LogP contribution in [0, 0.1) is 5.92 Å². The van der Waals surface area contributed by atoms with Crippen LogP contribution in [-0.4, -0.2) is 41.4 Å². The molecule has 2 aliphatic rings. The molecule has 5 nitrogen and oxygen atoms in total. The highest BCUT2D eigenvalue weighted by atomic mass is 19.4. The first-order valence-corrected chi connectivity index (χ1v) is 8.78. The second-order valence-corrected chi connectivity index (χ2v) is 7.30. The average Bonchev–Trinajstić information content (AvgIpc) is 2.94. The maximum Gasteiger partial charge on any atom is 0.416 e. The number of amides is 3. The van der Waals surface area contributed by atoms with Gasteiger partial charge in [0.15, 0.2) is 0 Å². The van der Waals surface area contributed by atoms with Gasteiger partial charge in [-0.2, -0.15) is 13.2 Å². The SMILES string of the molecule is CC(C)[C@H](C)N1CC2=C(C1=O)[C@@H](c1ccccc1C(F)(F)F)NC(=O)N2C. The van der Waals surface area contributed by atoms with E-state index in [4.69, 9.17) is 0 Å². The fraction of sp³-hybridized carbons (Fsp3) is 0.474. The van der Waals surface area contributed by atoms with Crippen LogP contribution in [0.3, 0.4) is 0 Å². The van der Waals surface area contributed by atoms with Crippen LogP contribution in [-0.2, 0) is 11.0 Å². The standard InChI is InChI=1S/C19H22F3N3O2/c1-10(2)11(3)25-9-14-15(17(25)26)16(23-18(27)24(14)4)12-7-5-6-8-13(12)19(20,21)22/h5-8,10-11,16H,9H2,1-4H3,(H,23,27)/t11-,16+/m0/s1. The van der Waals surface area contributed by atoms with Crippen molar-refractivity contribution in [2.75, 3.05) is 13.6 Å². The molecule has 0 unspecified atom stereocenters. The molecule has 0 saturated carbocycles. The van der Waals surface area contributed by atoms with E-state index in [1.54, 1.807) is 4.90 Å². The lowest BCUT2D eigenvalue weighted by atomic mass is 9.91. The largest absolute Gasteiger partial charge is 0.416 e. The highest BCUT2D eigenvalue weighted by Crippen LogP contribution is 2.41. The third-order valence-corrected chi connectivity index (χ3v) is 5.42. The van der Waals surface area contributed by atoms with E-state index in [-0.39, 0.29) is 35.5 Å². The zero-order chi connectivity index (χ0) is 20.1. The minimum atomic E-state index is -4.59. The Morgan fingerprint density at radius 1 is 1.15 bits per heavy atom. The molecule has 1 aromatic rings. The number of likely N-dealkylation sites (N-methyl/N-ethyl adjacent to an activating group) is 1. The summed E-state index contributed by atoms with van der Waals surface area (Å²) in [4.78, 5) is 28.4. The van der Waals surface area contributed by atoms with E-state index in [0.717, 1.165) is 6.07 Å². The topological polar surface area (TPSA) is 52.7 Å². The van der Waals surface area contributed by atoms with Crippen LogP contribution in [0.2, 0.25) is 0 Å². The van der Waals surface area contributed by atoms with E-state index in [2.05, 4.69) is 5.32 Å². The van der Waals surface area contributed by atoms with Crippen molar-refractivity contribution < 1.29 is 22.8 Å². The summed E-state index contributed by atoms with van der Waals surface area (Å²) in [6, 6.07) is 3.29. The smallest absolute Gasteiger partial charge is 0.330 e. The van der Waals surface area contributed by atoms with Crippen LogP contribution in [0.25, 0.3) is 0 Å². The predicted octanol–water partition coefficient (Wildman–Crippen LogP) is 3.54. The lowest BCUT2D eigenvalue weighted by Gasteiger charge is -2.32. The summed E-state index contributed by atoms with van der Waals surface area (Å²) in [5.41, 5.74) is -0.305. The molecule has 2 aliphatic heterocycles. The third-order valence-electron chi connectivity index (χ3n) is 5.42. The van der Waals surface area contributed by atoms with Gasteiger partial charge in [0, 0.05) is 13.1 Å². The van der Waals surface area contributed by atoms with Crippen LogP contribution >= 0.6 is 0 Å². The Morgan fingerprint density at radius 3 is 2.37 bits per heavy atom. The fourth-order valence-electron chi connectivity index (χ4n) is 3.52. The van der Waals surface area contributed by atoms with Gasteiger partial charge in [-0.05, 0) is 24.5 Å². The Labute approximate surface area is 155 Å². The first-order valence-electron chi connectivity index (χ1n) is 8.78. The van der Waals surface area contributed by atoms with Gasteiger partial charge in [0.25, 0.3) is 5.91 Å². The second kappa shape index (κ2) is 6.58. The summed E-state index contributed by atoms with van der Waals surface area (Å²) in [6.45, 7) is 6.05. The maximum absolute atomic E-state index is 13.5. The number of nitrogens with zero attached hydrogens (tertiary/aromatic N) is 2. The maximum atomic E-state index is 13.5. The van der Waals surface area contributed by atoms with Crippen molar-refractivity contribution in [3.8, 4) is 0 Å². The number of urea groups is 1. The van der Waals surface area contributed by atoms with Gasteiger partial charge in [0.05, 0.1) is 29.4 Å². The first kappa shape index (κ1) is 19.3. The molecule has 0 aromatic heterocycles. The van der Waals surface area contributed by atoms with Gasteiger partial charge in [-0.25, -0.2) is 4.79 Å². The summed E-state index contributed by atoms with van der Waals surface area (Å²) in [7, 11) is 1.52. The Bertz CT molecular complexity index is 817. The van der Waals surface area contributed by atoms with Crippen LogP contribution in [0.4, 0.5) is 18.0 Å². The van der Waals surface area contributed by atoms with Crippen LogP contribution in [0.1, 0.15) is 37.9 Å². The molecule has 0 aliphatic carbocycles. The summed E-state index contributed by atoms with van der Waals surface area (Å²) < 4.78 is 40.5. The molecular formula is C19H22F3N3O2. The molecule has 8 heteroatoms. The van der Waals surface area contributed by atoms with Crippen LogP contribution < -0.4 is 5.32 Å². The summed E-state index contributed by atoms with van der Waals surface area (Å²) in [5.74, 6) is -0.162. The van der Waals surface area contributed by atoms with E-state index >= 15 is 0 Å². The molecule has 0 bridgehead atoms. The molecule has 27 heavy (non-hydrogen) atoms. The van der Waals surface area contributed by atoms with Gasteiger partial charge >= 0.3 is 12.2 Å². The van der Waals surface area contributed by atoms with Crippen molar-refractivity contribution >= 4 is 11.9 Å². The van der Waals surface area contributed by atoms with Crippen LogP contribution in [0.15, 0.2) is 35.5 Å². The van der Waals surface area contributed by atoms with Crippen molar-refractivity contribution in [3.63, 3.8) is 0 Å². The summed E-state index contributed by atoms with van der Waals surface area (Å²) in [6.07, 6.45) is -4.59. The number of halogens is 3. The molecule has 3 rings (SSSR count). The molecule has 0 saturated heterocycles. The lowest BCUT2D eigenvalue weighted by Crippen LogP contribution is -2.45. The molecule has 0 radical (unpaired) electrons. The molecule has 1 N–H and O–H groups in total. The van der Waals surface area contributed by atoms with Crippen molar-refractivity contribution in [1.82, 2.24) is 15.1 Å². The Balaban J connectivity index is 2.11. The molecule has 0 spiro atoms. The number of benzene rings is 1. The van der Waals surface area contributed by atoms with Crippen molar-refractivity contribution in [1.29, 1.82) is 0 Å². The normalized spacial score (nSPS) is 21.7. The molecule has 2 atom stereocenters. The number of hydrogen-bond donors (Lipinski definition) is 1. The summed E-state index contributed by atoms with van der Waals surface area (Å²) >= 11 is 0. The number of carbonyl (C=O) groups excluding carboxylic acids is 2. The second-order valence-electron chi connectivity index (χ2n) is 7.30. The molecule has 3 amide bonds. The Morgan fingerprint density at radius 2 is 1.78 bits per heavy atom. The van der Waals surface area contributed by atoms with Gasteiger partial charge in [-0.15, -0.1) is 0 Å². The molecule has 1 aromatic carbocycles. The minimum absolute atomic E-state index is 0.106. The number of carbonyl (C=O) groups is 2. The highest BCUT2D eigenvalue weighted by Gasteiger charge is 2.46. The average molecular weight is 381 g/mol. The number of hydrogen-bond acceptors (Lipinski definition) is 2. The van der Waals surface area contributed by atoms with Gasteiger partial charge in [-0.3, -0.25) is 9.69 Å².